The highest BCUT2D eigenvalue weighted by Gasteiger charge is 2.11. The van der Waals surface area contributed by atoms with Crippen molar-refractivity contribution >= 4 is 15.7 Å². The van der Waals surface area contributed by atoms with Crippen molar-refractivity contribution in [2.45, 2.75) is 6.92 Å². The number of nitrogens with zero attached hydrogens (tertiary/aromatic N) is 2. The Labute approximate surface area is 129 Å². The van der Waals surface area contributed by atoms with Crippen molar-refractivity contribution in [1.29, 1.82) is 0 Å². The van der Waals surface area contributed by atoms with E-state index < -0.39 is 9.84 Å². The van der Waals surface area contributed by atoms with Gasteiger partial charge >= 0.3 is 0 Å². The number of hydrogen-bond acceptors (Lipinski definition) is 5. The van der Waals surface area contributed by atoms with Crippen LogP contribution in [0.3, 0.4) is 0 Å². The quantitative estimate of drug-likeness (QED) is 0.867. The largest absolute Gasteiger partial charge is 0.351 e. The topological polar surface area (TPSA) is 89.0 Å². The van der Waals surface area contributed by atoms with E-state index >= 15 is 0 Å². The Kier molecular flexibility index (Phi) is 5.21. The fourth-order valence-electron chi connectivity index (χ4n) is 1.81. The van der Waals surface area contributed by atoms with Gasteiger partial charge in [0.05, 0.1) is 5.75 Å². The SMILES string of the molecule is CCS(=O)(=O)CCNC(=O)c1cccc(-c2ncccn2)c1. The molecular formula is C15H17N3O3S. The van der Waals surface area contributed by atoms with Gasteiger partial charge in [-0.25, -0.2) is 18.4 Å². The summed E-state index contributed by atoms with van der Waals surface area (Å²) < 4.78 is 22.8. The van der Waals surface area contributed by atoms with Crippen molar-refractivity contribution in [3.05, 3.63) is 48.3 Å². The maximum atomic E-state index is 12.1. The van der Waals surface area contributed by atoms with Crippen LogP contribution in [0.25, 0.3) is 11.4 Å². The lowest BCUT2D eigenvalue weighted by atomic mass is 10.1. The zero-order valence-electron chi connectivity index (χ0n) is 12.2. The van der Waals surface area contributed by atoms with Gasteiger partial charge in [0.25, 0.3) is 5.91 Å². The molecule has 1 aromatic carbocycles. The highest BCUT2D eigenvalue weighted by Crippen LogP contribution is 2.15. The van der Waals surface area contributed by atoms with Gasteiger partial charge in [-0.05, 0) is 18.2 Å². The van der Waals surface area contributed by atoms with Crippen LogP contribution >= 0.6 is 0 Å². The van der Waals surface area contributed by atoms with Crippen LogP contribution < -0.4 is 5.32 Å². The monoisotopic (exact) mass is 319 g/mol. The third-order valence-electron chi connectivity index (χ3n) is 3.09. The zero-order chi connectivity index (χ0) is 16.0. The normalized spacial score (nSPS) is 11.1. The summed E-state index contributed by atoms with van der Waals surface area (Å²) in [6, 6.07) is 8.61. The third-order valence-corrected chi connectivity index (χ3v) is 4.79. The Balaban J connectivity index is 2.05. The van der Waals surface area contributed by atoms with Gasteiger partial charge in [0.15, 0.2) is 15.7 Å². The molecular weight excluding hydrogens is 302 g/mol. The molecule has 1 N–H and O–H groups in total. The second-order valence-corrected chi connectivity index (χ2v) is 7.12. The van der Waals surface area contributed by atoms with Crippen molar-refractivity contribution in [3.63, 3.8) is 0 Å². The summed E-state index contributed by atoms with van der Waals surface area (Å²) in [5.41, 5.74) is 1.17. The first-order valence-corrected chi connectivity index (χ1v) is 8.70. The van der Waals surface area contributed by atoms with Gasteiger partial charge in [-0.15, -0.1) is 0 Å². The van der Waals surface area contributed by atoms with Gasteiger partial charge in [0.2, 0.25) is 0 Å². The van der Waals surface area contributed by atoms with Gasteiger partial charge in [-0.2, -0.15) is 0 Å². The molecule has 116 valence electrons. The Morgan fingerprint density at radius 3 is 2.59 bits per heavy atom. The number of nitrogens with one attached hydrogen (secondary N) is 1. The number of aromatic nitrogens is 2. The van der Waals surface area contributed by atoms with Crippen LogP contribution in [0, 0.1) is 0 Å². The van der Waals surface area contributed by atoms with E-state index in [1.807, 2.05) is 6.07 Å². The summed E-state index contributed by atoms with van der Waals surface area (Å²) in [6.07, 6.45) is 3.26. The molecule has 0 unspecified atom stereocenters. The Hall–Kier alpha value is -2.28. The average molecular weight is 319 g/mol. The van der Waals surface area contributed by atoms with Crippen LogP contribution in [-0.4, -0.2) is 42.3 Å². The molecule has 0 saturated carbocycles. The van der Waals surface area contributed by atoms with Gasteiger partial charge < -0.3 is 5.32 Å². The molecule has 0 radical (unpaired) electrons. The summed E-state index contributed by atoms with van der Waals surface area (Å²) in [7, 11) is -3.08. The number of hydrogen-bond donors (Lipinski definition) is 1. The minimum absolute atomic E-state index is 0.0588. The number of carbonyl (C=O) groups excluding carboxylic acids is 1. The van der Waals surface area contributed by atoms with Gasteiger partial charge in [0, 0.05) is 35.8 Å². The Morgan fingerprint density at radius 2 is 1.91 bits per heavy atom. The van der Waals surface area contributed by atoms with Crippen molar-refractivity contribution in [2.24, 2.45) is 0 Å². The number of carbonyl (C=O) groups is 1. The van der Waals surface area contributed by atoms with Crippen LogP contribution in [-0.2, 0) is 9.84 Å². The van der Waals surface area contributed by atoms with E-state index in [0.29, 0.717) is 11.4 Å². The summed E-state index contributed by atoms with van der Waals surface area (Å²) in [6.45, 7) is 1.68. The summed E-state index contributed by atoms with van der Waals surface area (Å²) in [5.74, 6) is 0.232. The number of amides is 1. The van der Waals surface area contributed by atoms with Gasteiger partial charge in [-0.1, -0.05) is 19.1 Å². The third kappa shape index (κ3) is 4.36. The molecule has 0 aliphatic rings. The lowest BCUT2D eigenvalue weighted by Gasteiger charge is -2.06. The first-order chi connectivity index (χ1) is 10.5. The van der Waals surface area contributed by atoms with E-state index in [4.69, 9.17) is 0 Å². The molecule has 6 nitrogen and oxygen atoms in total. The lowest BCUT2D eigenvalue weighted by Crippen LogP contribution is -2.29. The maximum Gasteiger partial charge on any atom is 0.251 e. The van der Waals surface area contributed by atoms with Crippen LogP contribution in [0.4, 0.5) is 0 Å². The smallest absolute Gasteiger partial charge is 0.251 e. The first kappa shape index (κ1) is 16.1. The predicted molar refractivity (Wildman–Crippen MR) is 84.1 cm³/mol. The number of benzene rings is 1. The molecule has 0 fully saturated rings. The fraction of sp³-hybridized carbons (Fsp3) is 0.267. The van der Waals surface area contributed by atoms with E-state index in [1.165, 1.54) is 0 Å². The molecule has 1 amide bonds. The molecule has 0 bridgehead atoms. The summed E-state index contributed by atoms with van der Waals surface area (Å²) >= 11 is 0. The Morgan fingerprint density at radius 1 is 1.18 bits per heavy atom. The molecule has 0 aliphatic carbocycles. The molecule has 0 spiro atoms. The highest BCUT2D eigenvalue weighted by atomic mass is 32.2. The average Bonchev–Trinajstić information content (AvgIpc) is 2.55. The van der Waals surface area contributed by atoms with Crippen molar-refractivity contribution < 1.29 is 13.2 Å². The molecule has 0 saturated heterocycles. The van der Waals surface area contributed by atoms with E-state index in [1.54, 1.807) is 43.6 Å². The fourth-order valence-corrected chi connectivity index (χ4v) is 2.52. The van der Waals surface area contributed by atoms with E-state index in [0.717, 1.165) is 5.56 Å². The van der Waals surface area contributed by atoms with Crippen molar-refractivity contribution in [2.75, 3.05) is 18.1 Å². The van der Waals surface area contributed by atoms with Crippen LogP contribution in [0.2, 0.25) is 0 Å². The van der Waals surface area contributed by atoms with Crippen molar-refractivity contribution in [1.82, 2.24) is 15.3 Å². The number of rotatable bonds is 6. The minimum atomic E-state index is -3.08. The minimum Gasteiger partial charge on any atom is -0.351 e. The van der Waals surface area contributed by atoms with Crippen LogP contribution in [0.15, 0.2) is 42.7 Å². The van der Waals surface area contributed by atoms with E-state index in [2.05, 4.69) is 15.3 Å². The molecule has 2 rings (SSSR count). The van der Waals surface area contributed by atoms with Gasteiger partial charge in [-0.3, -0.25) is 4.79 Å². The molecule has 2 aromatic rings. The van der Waals surface area contributed by atoms with Gasteiger partial charge in [0.1, 0.15) is 0 Å². The highest BCUT2D eigenvalue weighted by molar-refractivity contribution is 7.91. The lowest BCUT2D eigenvalue weighted by molar-refractivity contribution is 0.0956. The molecule has 7 heteroatoms. The van der Waals surface area contributed by atoms with E-state index in [9.17, 15) is 13.2 Å². The summed E-state index contributed by atoms with van der Waals surface area (Å²) in [5, 5.41) is 2.61. The molecule has 0 aliphatic heterocycles. The molecule has 22 heavy (non-hydrogen) atoms. The second kappa shape index (κ2) is 7.13. The zero-order valence-corrected chi connectivity index (χ0v) is 13.0. The van der Waals surface area contributed by atoms with E-state index in [-0.39, 0.29) is 24.0 Å². The molecule has 1 heterocycles. The Bertz CT molecular complexity index is 746. The number of sulfone groups is 1. The summed E-state index contributed by atoms with van der Waals surface area (Å²) in [4.78, 5) is 20.3. The standard InChI is InChI=1S/C15H17N3O3S/c1-2-22(20,21)10-9-18-15(19)13-6-3-5-12(11-13)14-16-7-4-8-17-14/h3-8,11H,2,9-10H2,1H3,(H,18,19). The molecule has 0 atom stereocenters. The van der Waals surface area contributed by atoms with Crippen LogP contribution in [0.1, 0.15) is 17.3 Å². The van der Waals surface area contributed by atoms with Crippen LogP contribution in [0.5, 0.6) is 0 Å². The first-order valence-electron chi connectivity index (χ1n) is 6.88. The second-order valence-electron chi connectivity index (χ2n) is 4.65. The predicted octanol–water partition coefficient (Wildman–Crippen LogP) is 1.31. The molecule has 1 aromatic heterocycles. The van der Waals surface area contributed by atoms with Crippen molar-refractivity contribution in [3.8, 4) is 11.4 Å². The maximum absolute atomic E-state index is 12.1.